The smallest absolute Gasteiger partial charge is 0.312 e. The first-order chi connectivity index (χ1) is 16.5. The van der Waals surface area contributed by atoms with Crippen molar-refractivity contribution in [3.8, 4) is 11.6 Å². The highest BCUT2D eigenvalue weighted by molar-refractivity contribution is 5.90. The summed E-state index contributed by atoms with van der Waals surface area (Å²) in [5, 5.41) is 17.1. The fourth-order valence-corrected chi connectivity index (χ4v) is 4.54. The molecule has 6 heterocycles. The van der Waals surface area contributed by atoms with Gasteiger partial charge in [-0.3, -0.25) is 9.48 Å². The average Bonchev–Trinajstić information content (AvgIpc) is 3.62. The third kappa shape index (κ3) is 3.19. The molecule has 0 saturated heterocycles. The molecule has 11 nitrogen and oxygen atoms in total. The quantitative estimate of drug-likeness (QED) is 0.440. The number of hydrogen-bond acceptors (Lipinski definition) is 7. The summed E-state index contributed by atoms with van der Waals surface area (Å²) in [5.41, 5.74) is 5.22. The van der Waals surface area contributed by atoms with Crippen molar-refractivity contribution in [1.82, 2.24) is 44.5 Å². The monoisotopic (exact) mass is 457 g/mol. The first-order valence-electron chi connectivity index (χ1n) is 11.1. The number of nitrogens with one attached hydrogen (secondary N) is 1. The Labute approximate surface area is 194 Å². The maximum absolute atomic E-state index is 13.6. The van der Waals surface area contributed by atoms with Gasteiger partial charge in [0.25, 0.3) is 5.89 Å². The van der Waals surface area contributed by atoms with Gasteiger partial charge in [-0.1, -0.05) is 19.9 Å². The molecule has 1 unspecified atom stereocenters. The van der Waals surface area contributed by atoms with Crippen molar-refractivity contribution in [2.75, 3.05) is 6.54 Å². The molecule has 0 saturated carbocycles. The molecule has 1 amide bonds. The highest BCUT2D eigenvalue weighted by atomic mass is 16.4. The summed E-state index contributed by atoms with van der Waals surface area (Å²) in [6.45, 7) is 4.77. The highest BCUT2D eigenvalue weighted by Gasteiger charge is 2.38. The second kappa shape index (κ2) is 7.65. The Bertz CT molecular complexity index is 1510. The second-order valence-electron chi connectivity index (χ2n) is 8.72. The first-order valence-corrected chi connectivity index (χ1v) is 11.1. The molecular weight excluding hydrogens is 434 g/mol. The van der Waals surface area contributed by atoms with E-state index in [0.717, 1.165) is 22.6 Å². The standard InChI is InChI=1S/C23H23N9O2/c1-13(2)14-5-4-8-32-18(14)11-17(29-32)20-19-15(24-12-25-19)7-10-31(20)23(33)22-27-26-21(34-22)16-6-9-30(3)28-16/h4-6,8-9,11-13,20H,7,10H2,1-3H3,(H,24,25). The van der Waals surface area contributed by atoms with Gasteiger partial charge in [-0.25, -0.2) is 9.50 Å². The lowest BCUT2D eigenvalue weighted by atomic mass is 9.98. The van der Waals surface area contributed by atoms with Crippen LogP contribution < -0.4 is 0 Å². The lowest BCUT2D eigenvalue weighted by molar-refractivity contribution is 0.0646. The second-order valence-corrected chi connectivity index (χ2v) is 8.72. The largest absolute Gasteiger partial charge is 0.411 e. The van der Waals surface area contributed by atoms with Crippen LogP contribution >= 0.6 is 0 Å². The Morgan fingerprint density at radius 1 is 1.21 bits per heavy atom. The Morgan fingerprint density at radius 2 is 2.09 bits per heavy atom. The van der Waals surface area contributed by atoms with Crippen molar-refractivity contribution in [2.45, 2.75) is 32.2 Å². The number of imidazole rings is 1. The van der Waals surface area contributed by atoms with Crippen LogP contribution in [0.4, 0.5) is 0 Å². The molecule has 1 aliphatic heterocycles. The molecule has 0 spiro atoms. The zero-order valence-electron chi connectivity index (χ0n) is 19.0. The maximum atomic E-state index is 13.6. The van der Waals surface area contributed by atoms with E-state index in [2.05, 4.69) is 45.2 Å². The Kier molecular flexibility index (Phi) is 4.57. The van der Waals surface area contributed by atoms with Gasteiger partial charge >= 0.3 is 11.8 Å². The molecule has 1 atom stereocenters. The Morgan fingerprint density at radius 3 is 2.88 bits per heavy atom. The number of carbonyl (C=O) groups is 1. The number of rotatable bonds is 4. The molecule has 0 aromatic carbocycles. The number of aromatic amines is 1. The van der Waals surface area contributed by atoms with Gasteiger partial charge in [0.05, 0.1) is 23.2 Å². The molecule has 0 bridgehead atoms. The summed E-state index contributed by atoms with van der Waals surface area (Å²) in [7, 11) is 1.80. The number of aromatic nitrogens is 8. The molecule has 6 rings (SSSR count). The molecule has 0 aliphatic carbocycles. The normalized spacial score (nSPS) is 15.9. The van der Waals surface area contributed by atoms with Crippen molar-refractivity contribution in [2.24, 2.45) is 7.05 Å². The summed E-state index contributed by atoms with van der Waals surface area (Å²) in [6.07, 6.45) is 5.99. The number of aryl methyl sites for hydroxylation is 1. The van der Waals surface area contributed by atoms with Crippen molar-refractivity contribution in [1.29, 1.82) is 0 Å². The number of H-pyrrole nitrogens is 1. The van der Waals surface area contributed by atoms with Crippen LogP contribution in [0.2, 0.25) is 0 Å². The van der Waals surface area contributed by atoms with E-state index in [1.54, 1.807) is 35.2 Å². The van der Waals surface area contributed by atoms with Crippen molar-refractivity contribution in [3.63, 3.8) is 0 Å². The molecule has 5 aromatic heterocycles. The van der Waals surface area contributed by atoms with E-state index >= 15 is 0 Å². The van der Waals surface area contributed by atoms with Crippen LogP contribution in [0.1, 0.15) is 59.1 Å². The van der Waals surface area contributed by atoms with Crippen LogP contribution in [0.5, 0.6) is 0 Å². The number of pyridine rings is 1. The highest BCUT2D eigenvalue weighted by Crippen LogP contribution is 2.35. The lowest BCUT2D eigenvalue weighted by Crippen LogP contribution is -2.41. The molecule has 1 aliphatic rings. The number of amides is 1. The molecule has 11 heteroatoms. The van der Waals surface area contributed by atoms with Gasteiger partial charge < -0.3 is 14.3 Å². The molecule has 172 valence electrons. The zero-order valence-corrected chi connectivity index (χ0v) is 19.0. The van der Waals surface area contributed by atoms with Gasteiger partial charge in [0.15, 0.2) is 0 Å². The van der Waals surface area contributed by atoms with E-state index in [1.807, 2.05) is 22.8 Å². The summed E-state index contributed by atoms with van der Waals surface area (Å²) in [4.78, 5) is 23.0. The fourth-order valence-electron chi connectivity index (χ4n) is 4.54. The third-order valence-corrected chi connectivity index (χ3v) is 6.18. The lowest BCUT2D eigenvalue weighted by Gasteiger charge is -2.32. The van der Waals surface area contributed by atoms with Gasteiger partial charge in [0, 0.05) is 38.1 Å². The van der Waals surface area contributed by atoms with Gasteiger partial charge in [-0.2, -0.15) is 10.2 Å². The Hall–Kier alpha value is -4.28. The Balaban J connectivity index is 1.41. The number of fused-ring (bicyclic) bond motifs is 2. The van der Waals surface area contributed by atoms with Crippen LogP contribution in [-0.2, 0) is 13.5 Å². The topological polar surface area (TPSA) is 123 Å². The maximum Gasteiger partial charge on any atom is 0.312 e. The van der Waals surface area contributed by atoms with Crippen molar-refractivity contribution in [3.05, 3.63) is 71.5 Å². The minimum atomic E-state index is -0.479. The fraction of sp³-hybridized carbons (Fsp3) is 0.304. The molecule has 0 radical (unpaired) electrons. The third-order valence-electron chi connectivity index (χ3n) is 6.18. The minimum absolute atomic E-state index is 0.0868. The molecular formula is C23H23N9O2. The summed E-state index contributed by atoms with van der Waals surface area (Å²) in [5.74, 6) is 0.0831. The molecule has 1 N–H and O–H groups in total. The average molecular weight is 457 g/mol. The predicted molar refractivity (Wildman–Crippen MR) is 121 cm³/mol. The first kappa shape index (κ1) is 20.3. The molecule has 5 aromatic rings. The molecule has 0 fully saturated rings. The van der Waals surface area contributed by atoms with E-state index in [1.165, 1.54) is 5.56 Å². The van der Waals surface area contributed by atoms with Crippen LogP contribution in [0.3, 0.4) is 0 Å². The van der Waals surface area contributed by atoms with E-state index in [0.29, 0.717) is 24.6 Å². The van der Waals surface area contributed by atoms with Gasteiger partial charge in [0.1, 0.15) is 11.7 Å². The van der Waals surface area contributed by atoms with Gasteiger partial charge in [-0.05, 0) is 29.7 Å². The van der Waals surface area contributed by atoms with E-state index in [9.17, 15) is 4.79 Å². The summed E-state index contributed by atoms with van der Waals surface area (Å²) < 4.78 is 9.21. The van der Waals surface area contributed by atoms with Crippen LogP contribution in [-0.4, -0.2) is 56.9 Å². The number of nitrogens with zero attached hydrogens (tertiary/aromatic N) is 8. The number of carbonyl (C=O) groups excluding carboxylic acids is 1. The van der Waals surface area contributed by atoms with E-state index < -0.39 is 6.04 Å². The SMILES string of the molecule is CC(C)c1cccn2nc(C3c4nc[nH]c4CCN3C(=O)c3nnc(-c4ccn(C)n4)o3)cc12. The summed E-state index contributed by atoms with van der Waals surface area (Å²) in [6, 6.07) is 7.40. The number of hydrogen-bond donors (Lipinski definition) is 1. The van der Waals surface area contributed by atoms with Gasteiger partial charge in [0.2, 0.25) is 0 Å². The van der Waals surface area contributed by atoms with Crippen LogP contribution in [0.15, 0.2) is 47.4 Å². The van der Waals surface area contributed by atoms with E-state index in [-0.39, 0.29) is 17.7 Å². The van der Waals surface area contributed by atoms with Crippen molar-refractivity contribution < 1.29 is 9.21 Å². The van der Waals surface area contributed by atoms with E-state index in [4.69, 9.17) is 9.52 Å². The predicted octanol–water partition coefficient (Wildman–Crippen LogP) is 2.75. The minimum Gasteiger partial charge on any atom is -0.411 e. The zero-order chi connectivity index (χ0) is 23.4. The van der Waals surface area contributed by atoms with Crippen molar-refractivity contribution >= 4 is 11.4 Å². The van der Waals surface area contributed by atoms with Gasteiger partial charge in [-0.15, -0.1) is 10.2 Å². The molecule has 34 heavy (non-hydrogen) atoms. The summed E-state index contributed by atoms with van der Waals surface area (Å²) >= 11 is 0. The van der Waals surface area contributed by atoms with Crippen LogP contribution in [0, 0.1) is 0 Å². The van der Waals surface area contributed by atoms with Crippen LogP contribution in [0.25, 0.3) is 17.1 Å².